The fourth-order valence-corrected chi connectivity index (χ4v) is 1.03. The zero-order valence-corrected chi connectivity index (χ0v) is 7.41. The van der Waals surface area contributed by atoms with Crippen molar-refractivity contribution in [3.63, 3.8) is 0 Å². The molecule has 0 radical (unpaired) electrons. The summed E-state index contributed by atoms with van der Waals surface area (Å²) in [5, 5.41) is 0. The van der Waals surface area contributed by atoms with E-state index in [-0.39, 0.29) is 0 Å². The third-order valence-corrected chi connectivity index (χ3v) is 1.57. The molecular formula is C9H13N3. The zero-order chi connectivity index (χ0) is 8.97. The van der Waals surface area contributed by atoms with E-state index in [0.29, 0.717) is 0 Å². The van der Waals surface area contributed by atoms with E-state index < -0.39 is 0 Å². The molecule has 1 aliphatic heterocycles. The van der Waals surface area contributed by atoms with Crippen molar-refractivity contribution in [3.8, 4) is 0 Å². The Kier molecular flexibility index (Phi) is 2.80. The maximum atomic E-state index is 5.42. The van der Waals surface area contributed by atoms with Crippen LogP contribution >= 0.6 is 0 Å². The number of rotatable bonds is 0. The molecular weight excluding hydrogens is 150 g/mol. The molecule has 0 amide bonds. The average Bonchev–Trinajstić information content (AvgIpc) is 2.08. The predicted molar refractivity (Wildman–Crippen MR) is 52.5 cm³/mol. The molecule has 3 nitrogen and oxygen atoms in total. The topological polar surface area (TPSA) is 50.7 Å². The van der Waals surface area contributed by atoms with Gasteiger partial charge in [-0.1, -0.05) is 5.57 Å². The van der Waals surface area contributed by atoms with Crippen LogP contribution in [0.15, 0.2) is 33.4 Å². The number of hydrogen-bond donors (Lipinski definition) is 1. The molecule has 0 fully saturated rings. The van der Waals surface area contributed by atoms with Crippen molar-refractivity contribution in [1.82, 2.24) is 0 Å². The molecule has 0 spiro atoms. The SMILES string of the molecule is CC=NC1=NCC(C)=CC1=CN. The van der Waals surface area contributed by atoms with Crippen LogP contribution in [0.25, 0.3) is 0 Å². The van der Waals surface area contributed by atoms with Gasteiger partial charge in [0.25, 0.3) is 0 Å². The predicted octanol–water partition coefficient (Wildman–Crippen LogP) is 1.28. The smallest absolute Gasteiger partial charge is 0.155 e. The molecule has 0 aromatic carbocycles. The van der Waals surface area contributed by atoms with Crippen molar-refractivity contribution in [2.24, 2.45) is 15.7 Å². The Morgan fingerprint density at radius 1 is 1.67 bits per heavy atom. The van der Waals surface area contributed by atoms with Crippen LogP contribution in [0.4, 0.5) is 0 Å². The second kappa shape index (κ2) is 3.85. The third kappa shape index (κ3) is 1.81. The fourth-order valence-electron chi connectivity index (χ4n) is 1.03. The molecule has 1 rings (SSSR count). The summed E-state index contributed by atoms with van der Waals surface area (Å²) in [4.78, 5) is 8.36. The third-order valence-electron chi connectivity index (χ3n) is 1.57. The minimum atomic E-state index is 0.726. The van der Waals surface area contributed by atoms with Gasteiger partial charge >= 0.3 is 0 Å². The van der Waals surface area contributed by atoms with Crippen molar-refractivity contribution in [2.75, 3.05) is 6.54 Å². The van der Waals surface area contributed by atoms with Gasteiger partial charge in [0, 0.05) is 18.0 Å². The summed E-state index contributed by atoms with van der Waals surface area (Å²) in [5.41, 5.74) is 7.53. The van der Waals surface area contributed by atoms with Gasteiger partial charge in [-0.2, -0.15) is 0 Å². The summed E-state index contributed by atoms with van der Waals surface area (Å²) in [6, 6.07) is 0. The Morgan fingerprint density at radius 2 is 2.42 bits per heavy atom. The van der Waals surface area contributed by atoms with Gasteiger partial charge in [0.1, 0.15) is 0 Å². The van der Waals surface area contributed by atoms with Gasteiger partial charge in [-0.3, -0.25) is 4.99 Å². The first-order chi connectivity index (χ1) is 5.77. The Morgan fingerprint density at radius 3 is 3.00 bits per heavy atom. The van der Waals surface area contributed by atoms with Gasteiger partial charge in [-0.05, 0) is 19.9 Å². The van der Waals surface area contributed by atoms with E-state index in [0.717, 1.165) is 18.0 Å². The molecule has 1 heterocycles. The molecule has 0 aliphatic carbocycles. The second-order valence-corrected chi connectivity index (χ2v) is 2.64. The van der Waals surface area contributed by atoms with Gasteiger partial charge < -0.3 is 5.73 Å². The van der Waals surface area contributed by atoms with Gasteiger partial charge in [-0.15, -0.1) is 0 Å². The van der Waals surface area contributed by atoms with E-state index >= 15 is 0 Å². The number of nitrogens with two attached hydrogens (primary N) is 1. The highest BCUT2D eigenvalue weighted by atomic mass is 14.9. The van der Waals surface area contributed by atoms with Crippen LogP contribution in [-0.2, 0) is 0 Å². The maximum absolute atomic E-state index is 5.42. The zero-order valence-electron chi connectivity index (χ0n) is 7.41. The normalized spacial score (nSPS) is 21.3. The lowest BCUT2D eigenvalue weighted by Gasteiger charge is -2.08. The summed E-state index contributed by atoms with van der Waals surface area (Å²) in [6.45, 7) is 4.62. The number of hydrogen-bond acceptors (Lipinski definition) is 3. The van der Waals surface area contributed by atoms with Gasteiger partial charge in [0.15, 0.2) is 5.84 Å². The van der Waals surface area contributed by atoms with E-state index in [9.17, 15) is 0 Å². The molecule has 2 N–H and O–H groups in total. The second-order valence-electron chi connectivity index (χ2n) is 2.64. The Bertz CT molecular complexity index is 282. The maximum Gasteiger partial charge on any atom is 0.155 e. The van der Waals surface area contributed by atoms with Crippen LogP contribution in [0.1, 0.15) is 13.8 Å². The van der Waals surface area contributed by atoms with E-state index in [1.54, 1.807) is 6.21 Å². The molecule has 0 atom stereocenters. The standard InChI is InChI=1S/C9H13N3/c1-3-11-9-8(5-10)4-7(2)6-12-9/h3-5H,6,10H2,1-2H3. The lowest BCUT2D eigenvalue weighted by molar-refractivity contribution is 1.10. The molecule has 0 aromatic rings. The molecule has 1 aliphatic rings. The molecule has 12 heavy (non-hydrogen) atoms. The van der Waals surface area contributed by atoms with E-state index in [4.69, 9.17) is 5.73 Å². The van der Waals surface area contributed by atoms with E-state index in [1.807, 2.05) is 19.9 Å². The monoisotopic (exact) mass is 163 g/mol. The molecule has 0 saturated carbocycles. The largest absolute Gasteiger partial charge is 0.404 e. The van der Waals surface area contributed by atoms with Gasteiger partial charge in [-0.25, -0.2) is 4.99 Å². The van der Waals surface area contributed by atoms with Gasteiger partial charge in [0.05, 0.1) is 6.54 Å². The highest BCUT2D eigenvalue weighted by Gasteiger charge is 2.06. The van der Waals surface area contributed by atoms with Crippen LogP contribution in [0.3, 0.4) is 0 Å². The number of amidine groups is 1. The summed E-state index contributed by atoms with van der Waals surface area (Å²) in [7, 11) is 0. The Hall–Kier alpha value is -1.38. The summed E-state index contributed by atoms with van der Waals surface area (Å²) < 4.78 is 0. The van der Waals surface area contributed by atoms with Gasteiger partial charge in [0.2, 0.25) is 0 Å². The van der Waals surface area contributed by atoms with E-state index in [2.05, 4.69) is 9.98 Å². The first-order valence-corrected chi connectivity index (χ1v) is 3.90. The van der Waals surface area contributed by atoms with Crippen molar-refractivity contribution in [1.29, 1.82) is 0 Å². The number of nitrogens with zero attached hydrogens (tertiary/aromatic N) is 2. The summed E-state index contributed by atoms with van der Waals surface area (Å²) in [6.07, 6.45) is 5.26. The molecule has 0 unspecified atom stereocenters. The molecule has 0 saturated heterocycles. The molecule has 0 aromatic heterocycles. The van der Waals surface area contributed by atoms with Crippen LogP contribution in [-0.4, -0.2) is 18.6 Å². The fraction of sp³-hybridized carbons (Fsp3) is 0.333. The van der Waals surface area contributed by atoms with Crippen LogP contribution in [0.2, 0.25) is 0 Å². The lowest BCUT2D eigenvalue weighted by Crippen LogP contribution is -2.07. The Labute approximate surface area is 72.4 Å². The summed E-state index contributed by atoms with van der Waals surface area (Å²) >= 11 is 0. The van der Waals surface area contributed by atoms with Crippen LogP contribution < -0.4 is 5.73 Å². The quantitative estimate of drug-likeness (QED) is 0.537. The van der Waals surface area contributed by atoms with Crippen molar-refractivity contribution in [2.45, 2.75) is 13.8 Å². The molecule has 3 heteroatoms. The minimum Gasteiger partial charge on any atom is -0.404 e. The first-order valence-electron chi connectivity index (χ1n) is 3.90. The first kappa shape index (κ1) is 8.71. The number of aliphatic imine (C=N–C) groups is 2. The number of dihydropyridines is 1. The minimum absolute atomic E-state index is 0.726. The molecule has 0 bridgehead atoms. The Balaban J connectivity index is 2.91. The van der Waals surface area contributed by atoms with Crippen LogP contribution in [0.5, 0.6) is 0 Å². The highest BCUT2D eigenvalue weighted by Crippen LogP contribution is 2.11. The van der Waals surface area contributed by atoms with Crippen molar-refractivity contribution in [3.05, 3.63) is 23.4 Å². The lowest BCUT2D eigenvalue weighted by atomic mass is 10.1. The van der Waals surface area contributed by atoms with Crippen molar-refractivity contribution < 1.29 is 0 Å². The average molecular weight is 163 g/mol. The molecule has 64 valence electrons. The highest BCUT2D eigenvalue weighted by molar-refractivity contribution is 6.05. The van der Waals surface area contributed by atoms with Crippen molar-refractivity contribution >= 4 is 12.1 Å². The summed E-state index contributed by atoms with van der Waals surface area (Å²) in [5.74, 6) is 0.727. The van der Waals surface area contributed by atoms with E-state index in [1.165, 1.54) is 11.8 Å². The van der Waals surface area contributed by atoms with Crippen LogP contribution in [0, 0.1) is 0 Å².